The van der Waals surface area contributed by atoms with Crippen LogP contribution < -0.4 is 0 Å². The molecule has 0 aromatic carbocycles. The van der Waals surface area contributed by atoms with Crippen molar-refractivity contribution >= 4 is 11.6 Å². The minimum Gasteiger partial charge on any atom is -0.248 e. The molecule has 1 aromatic heterocycles. The Morgan fingerprint density at radius 1 is 1.14 bits per heavy atom. The normalized spacial score (nSPS) is 13.4. The molecule has 0 atom stereocenters. The molecule has 0 aliphatic heterocycles. The van der Waals surface area contributed by atoms with Crippen molar-refractivity contribution in [2.24, 2.45) is 0 Å². The van der Waals surface area contributed by atoms with Gasteiger partial charge in [-0.15, -0.1) is 0 Å². The van der Waals surface area contributed by atoms with Crippen molar-refractivity contribution in [3.8, 4) is 0 Å². The standard InChI is InChI=1S/C11H19ClN2/c1-10(2,3)8-7-9(12)14(13-8)11(4,5)6/h7H,1-6H3. The van der Waals surface area contributed by atoms with Crippen molar-refractivity contribution in [3.05, 3.63) is 16.9 Å². The minimum absolute atomic E-state index is 0.0550. The van der Waals surface area contributed by atoms with E-state index in [9.17, 15) is 0 Å². The van der Waals surface area contributed by atoms with E-state index in [1.54, 1.807) is 0 Å². The van der Waals surface area contributed by atoms with Gasteiger partial charge < -0.3 is 0 Å². The summed E-state index contributed by atoms with van der Waals surface area (Å²) in [6, 6.07) is 1.95. The lowest BCUT2D eigenvalue weighted by Crippen LogP contribution is -2.24. The van der Waals surface area contributed by atoms with Gasteiger partial charge in [0, 0.05) is 5.41 Å². The Labute approximate surface area is 91.3 Å². The SMILES string of the molecule is CC(C)(C)c1cc(Cl)n(C(C)(C)C)n1. The predicted octanol–water partition coefficient (Wildman–Crippen LogP) is 3.59. The number of hydrogen-bond donors (Lipinski definition) is 0. The van der Waals surface area contributed by atoms with Crippen LogP contribution in [0.1, 0.15) is 47.2 Å². The summed E-state index contributed by atoms with van der Waals surface area (Å²) in [5.74, 6) is 0. The van der Waals surface area contributed by atoms with Crippen LogP contribution in [0.3, 0.4) is 0 Å². The molecule has 14 heavy (non-hydrogen) atoms. The molecule has 0 fully saturated rings. The van der Waals surface area contributed by atoms with Crippen LogP contribution in [-0.4, -0.2) is 9.78 Å². The molecule has 3 heteroatoms. The fourth-order valence-corrected chi connectivity index (χ4v) is 1.59. The summed E-state index contributed by atoms with van der Waals surface area (Å²) >= 11 is 6.14. The Bertz CT molecular complexity index is 326. The lowest BCUT2D eigenvalue weighted by molar-refractivity contribution is 0.349. The Morgan fingerprint density at radius 3 is 1.86 bits per heavy atom. The number of nitrogens with zero attached hydrogens (tertiary/aromatic N) is 2. The van der Waals surface area contributed by atoms with Gasteiger partial charge in [0.15, 0.2) is 0 Å². The van der Waals surface area contributed by atoms with Crippen LogP contribution in [-0.2, 0) is 11.0 Å². The van der Waals surface area contributed by atoms with Crippen molar-refractivity contribution in [3.63, 3.8) is 0 Å². The lowest BCUT2D eigenvalue weighted by Gasteiger charge is -2.21. The van der Waals surface area contributed by atoms with E-state index < -0.39 is 0 Å². The third-order valence-corrected chi connectivity index (χ3v) is 2.34. The van der Waals surface area contributed by atoms with Crippen LogP contribution in [0.5, 0.6) is 0 Å². The van der Waals surface area contributed by atoms with Gasteiger partial charge in [-0.3, -0.25) is 0 Å². The summed E-state index contributed by atoms with van der Waals surface area (Å²) in [7, 11) is 0. The van der Waals surface area contributed by atoms with Crippen LogP contribution in [0, 0.1) is 0 Å². The smallest absolute Gasteiger partial charge is 0.127 e. The van der Waals surface area contributed by atoms with Gasteiger partial charge in [0.05, 0.1) is 11.2 Å². The molecule has 2 nitrogen and oxygen atoms in total. The number of rotatable bonds is 0. The third kappa shape index (κ3) is 2.30. The summed E-state index contributed by atoms with van der Waals surface area (Å²) in [5, 5.41) is 5.25. The first-order valence-electron chi connectivity index (χ1n) is 4.89. The van der Waals surface area contributed by atoms with Gasteiger partial charge in [-0.05, 0) is 26.8 Å². The molecule has 1 aromatic rings. The zero-order valence-electron chi connectivity index (χ0n) is 9.85. The molecule has 1 heterocycles. The monoisotopic (exact) mass is 214 g/mol. The predicted molar refractivity (Wildman–Crippen MR) is 60.9 cm³/mol. The van der Waals surface area contributed by atoms with Crippen LogP contribution in [0.15, 0.2) is 6.07 Å². The average molecular weight is 215 g/mol. The fraction of sp³-hybridized carbons (Fsp3) is 0.727. The first-order chi connectivity index (χ1) is 6.12. The molecule has 0 unspecified atom stereocenters. The van der Waals surface area contributed by atoms with Crippen molar-refractivity contribution < 1.29 is 0 Å². The molecule has 80 valence electrons. The molecule has 0 aliphatic carbocycles. The largest absolute Gasteiger partial charge is 0.248 e. The second-order valence-electron chi connectivity index (χ2n) is 5.68. The molecule has 0 N–H and O–H groups in total. The third-order valence-electron chi connectivity index (χ3n) is 2.07. The van der Waals surface area contributed by atoms with E-state index in [4.69, 9.17) is 11.6 Å². The Balaban J connectivity index is 3.19. The van der Waals surface area contributed by atoms with Gasteiger partial charge in [0.2, 0.25) is 0 Å². The second-order valence-corrected chi connectivity index (χ2v) is 6.07. The summed E-state index contributed by atoms with van der Waals surface area (Å²) in [5.41, 5.74) is 1.04. The van der Waals surface area contributed by atoms with Crippen LogP contribution >= 0.6 is 11.6 Å². The van der Waals surface area contributed by atoms with Gasteiger partial charge >= 0.3 is 0 Å². The lowest BCUT2D eigenvalue weighted by atomic mass is 9.93. The molecule has 1 rings (SSSR count). The highest BCUT2D eigenvalue weighted by Crippen LogP contribution is 2.27. The minimum atomic E-state index is -0.0550. The van der Waals surface area contributed by atoms with E-state index in [2.05, 4.69) is 46.6 Å². The quantitative estimate of drug-likeness (QED) is 0.646. The Hall–Kier alpha value is -0.500. The highest BCUT2D eigenvalue weighted by Gasteiger charge is 2.23. The van der Waals surface area contributed by atoms with E-state index in [0.29, 0.717) is 5.15 Å². The Morgan fingerprint density at radius 2 is 1.64 bits per heavy atom. The van der Waals surface area contributed by atoms with Crippen molar-refractivity contribution in [2.75, 3.05) is 0 Å². The average Bonchev–Trinajstić information content (AvgIpc) is 2.27. The molecule has 0 saturated heterocycles. The van der Waals surface area contributed by atoms with Crippen LogP contribution in [0.25, 0.3) is 0 Å². The Kier molecular flexibility index (Phi) is 2.70. The fourth-order valence-electron chi connectivity index (χ4n) is 1.20. The van der Waals surface area contributed by atoms with Gasteiger partial charge in [-0.1, -0.05) is 32.4 Å². The van der Waals surface area contributed by atoms with E-state index in [-0.39, 0.29) is 11.0 Å². The van der Waals surface area contributed by atoms with Gasteiger partial charge in [-0.2, -0.15) is 5.10 Å². The van der Waals surface area contributed by atoms with E-state index in [1.807, 2.05) is 10.7 Å². The zero-order valence-corrected chi connectivity index (χ0v) is 10.6. The maximum absolute atomic E-state index is 6.14. The highest BCUT2D eigenvalue weighted by atomic mass is 35.5. The summed E-state index contributed by atoms with van der Waals surface area (Å²) in [6.07, 6.45) is 0. The summed E-state index contributed by atoms with van der Waals surface area (Å²) < 4.78 is 1.87. The molecule has 0 radical (unpaired) electrons. The van der Waals surface area contributed by atoms with Crippen LogP contribution in [0.2, 0.25) is 5.15 Å². The maximum atomic E-state index is 6.14. The molecular weight excluding hydrogens is 196 g/mol. The number of halogens is 1. The molecule has 0 aliphatic rings. The van der Waals surface area contributed by atoms with E-state index in [1.165, 1.54) is 0 Å². The number of aromatic nitrogens is 2. The summed E-state index contributed by atoms with van der Waals surface area (Å²) in [4.78, 5) is 0. The van der Waals surface area contributed by atoms with Gasteiger partial charge in [0.25, 0.3) is 0 Å². The first kappa shape index (κ1) is 11.6. The number of hydrogen-bond acceptors (Lipinski definition) is 1. The molecule has 0 saturated carbocycles. The maximum Gasteiger partial charge on any atom is 0.127 e. The van der Waals surface area contributed by atoms with Crippen molar-refractivity contribution in [2.45, 2.75) is 52.5 Å². The van der Waals surface area contributed by atoms with E-state index >= 15 is 0 Å². The van der Waals surface area contributed by atoms with Crippen molar-refractivity contribution in [1.82, 2.24) is 9.78 Å². The summed E-state index contributed by atoms with van der Waals surface area (Å²) in [6.45, 7) is 12.7. The molecule has 0 spiro atoms. The van der Waals surface area contributed by atoms with Crippen molar-refractivity contribution in [1.29, 1.82) is 0 Å². The topological polar surface area (TPSA) is 17.8 Å². The van der Waals surface area contributed by atoms with Gasteiger partial charge in [0.1, 0.15) is 5.15 Å². The van der Waals surface area contributed by atoms with Crippen LogP contribution in [0.4, 0.5) is 0 Å². The zero-order chi connectivity index (χ0) is 11.1. The van der Waals surface area contributed by atoms with E-state index in [0.717, 1.165) is 5.69 Å². The highest BCUT2D eigenvalue weighted by molar-refractivity contribution is 6.29. The van der Waals surface area contributed by atoms with Gasteiger partial charge in [-0.25, -0.2) is 4.68 Å². The molecule has 0 bridgehead atoms. The molecular formula is C11H19ClN2. The second kappa shape index (κ2) is 3.27. The first-order valence-corrected chi connectivity index (χ1v) is 5.27. The molecule has 0 amide bonds.